The van der Waals surface area contributed by atoms with Crippen LogP contribution >= 0.6 is 11.8 Å². The van der Waals surface area contributed by atoms with Crippen LogP contribution in [0.2, 0.25) is 0 Å². The number of thioether (sulfide) groups is 1. The van der Waals surface area contributed by atoms with E-state index in [2.05, 4.69) is 0 Å². The standard InChI is InChI=1S/C9H16O3S/c1-8(10)12-7-9(13-2)4-3-5-11-6-9/h3-7H2,1-2H3. The van der Waals surface area contributed by atoms with Crippen LogP contribution in [0.25, 0.3) is 0 Å². The number of carbonyl (C=O) groups is 1. The summed E-state index contributed by atoms with van der Waals surface area (Å²) in [5, 5.41) is 0. The molecular formula is C9H16O3S. The van der Waals surface area contributed by atoms with E-state index in [1.807, 2.05) is 6.26 Å². The van der Waals surface area contributed by atoms with E-state index < -0.39 is 0 Å². The molecule has 76 valence electrons. The van der Waals surface area contributed by atoms with Crippen molar-refractivity contribution < 1.29 is 14.3 Å². The van der Waals surface area contributed by atoms with E-state index in [9.17, 15) is 4.79 Å². The molecule has 0 radical (unpaired) electrons. The van der Waals surface area contributed by atoms with Crippen LogP contribution in [0.5, 0.6) is 0 Å². The molecular weight excluding hydrogens is 188 g/mol. The Hall–Kier alpha value is -0.220. The third-order valence-corrected chi connectivity index (χ3v) is 3.56. The molecule has 0 spiro atoms. The Morgan fingerprint density at radius 1 is 1.69 bits per heavy atom. The van der Waals surface area contributed by atoms with Gasteiger partial charge in [0.2, 0.25) is 0 Å². The van der Waals surface area contributed by atoms with Crippen LogP contribution in [0, 0.1) is 0 Å². The number of esters is 1. The minimum absolute atomic E-state index is 0.00389. The molecule has 3 nitrogen and oxygen atoms in total. The van der Waals surface area contributed by atoms with Gasteiger partial charge in [-0.15, -0.1) is 0 Å². The van der Waals surface area contributed by atoms with E-state index in [1.54, 1.807) is 11.8 Å². The van der Waals surface area contributed by atoms with Crippen molar-refractivity contribution in [1.82, 2.24) is 0 Å². The highest BCUT2D eigenvalue weighted by atomic mass is 32.2. The van der Waals surface area contributed by atoms with Crippen molar-refractivity contribution in [3.05, 3.63) is 0 Å². The van der Waals surface area contributed by atoms with Gasteiger partial charge in [0.15, 0.2) is 0 Å². The Balaban J connectivity index is 2.42. The average molecular weight is 204 g/mol. The van der Waals surface area contributed by atoms with E-state index in [0.717, 1.165) is 19.4 Å². The molecule has 0 bridgehead atoms. The number of carbonyl (C=O) groups excluding carboxylic acids is 1. The number of rotatable bonds is 3. The highest BCUT2D eigenvalue weighted by molar-refractivity contribution is 8.00. The monoisotopic (exact) mass is 204 g/mol. The van der Waals surface area contributed by atoms with Crippen molar-refractivity contribution in [3.8, 4) is 0 Å². The molecule has 1 fully saturated rings. The zero-order valence-electron chi connectivity index (χ0n) is 8.17. The lowest BCUT2D eigenvalue weighted by Crippen LogP contribution is -2.40. The van der Waals surface area contributed by atoms with Gasteiger partial charge in [-0.2, -0.15) is 11.8 Å². The minimum atomic E-state index is -0.209. The van der Waals surface area contributed by atoms with Gasteiger partial charge < -0.3 is 9.47 Å². The highest BCUT2D eigenvalue weighted by Crippen LogP contribution is 2.32. The van der Waals surface area contributed by atoms with Crippen molar-refractivity contribution >= 4 is 17.7 Å². The first kappa shape index (κ1) is 10.9. The van der Waals surface area contributed by atoms with Gasteiger partial charge in [-0.05, 0) is 19.1 Å². The maximum Gasteiger partial charge on any atom is 0.302 e. The predicted octanol–water partition coefficient (Wildman–Crippen LogP) is 1.46. The third kappa shape index (κ3) is 3.19. The predicted molar refractivity (Wildman–Crippen MR) is 52.9 cm³/mol. The fourth-order valence-electron chi connectivity index (χ4n) is 1.39. The van der Waals surface area contributed by atoms with Crippen molar-refractivity contribution in [2.45, 2.75) is 24.5 Å². The molecule has 13 heavy (non-hydrogen) atoms. The van der Waals surface area contributed by atoms with Gasteiger partial charge in [0.25, 0.3) is 0 Å². The molecule has 0 amide bonds. The Kier molecular flexibility index (Phi) is 4.06. The average Bonchev–Trinajstić information content (AvgIpc) is 2.16. The molecule has 1 aliphatic heterocycles. The van der Waals surface area contributed by atoms with Crippen molar-refractivity contribution in [3.63, 3.8) is 0 Å². The molecule has 0 saturated carbocycles. The molecule has 0 aliphatic carbocycles. The molecule has 4 heteroatoms. The Morgan fingerprint density at radius 3 is 2.92 bits per heavy atom. The van der Waals surface area contributed by atoms with Crippen LogP contribution in [-0.4, -0.2) is 36.8 Å². The van der Waals surface area contributed by atoms with Gasteiger partial charge in [-0.3, -0.25) is 4.79 Å². The molecule has 0 aromatic heterocycles. The lowest BCUT2D eigenvalue weighted by Gasteiger charge is -2.34. The second-order valence-electron chi connectivity index (χ2n) is 3.32. The number of ether oxygens (including phenoxy) is 2. The second-order valence-corrected chi connectivity index (χ2v) is 4.60. The van der Waals surface area contributed by atoms with E-state index in [-0.39, 0.29) is 10.7 Å². The van der Waals surface area contributed by atoms with Gasteiger partial charge in [0.1, 0.15) is 6.61 Å². The summed E-state index contributed by atoms with van der Waals surface area (Å²) in [6.45, 7) is 3.45. The summed E-state index contributed by atoms with van der Waals surface area (Å²) in [5.41, 5.74) is 0. The fourth-order valence-corrected chi connectivity index (χ4v) is 2.12. The maximum absolute atomic E-state index is 10.7. The fraction of sp³-hybridized carbons (Fsp3) is 0.889. The van der Waals surface area contributed by atoms with Crippen LogP contribution < -0.4 is 0 Å². The summed E-state index contributed by atoms with van der Waals surface area (Å²) in [4.78, 5) is 10.7. The van der Waals surface area contributed by atoms with E-state index in [0.29, 0.717) is 13.2 Å². The van der Waals surface area contributed by atoms with Gasteiger partial charge in [0.05, 0.1) is 11.4 Å². The third-order valence-electron chi connectivity index (χ3n) is 2.26. The van der Waals surface area contributed by atoms with Crippen molar-refractivity contribution in [1.29, 1.82) is 0 Å². The van der Waals surface area contributed by atoms with Crippen LogP contribution in [0.15, 0.2) is 0 Å². The van der Waals surface area contributed by atoms with Gasteiger partial charge in [-0.25, -0.2) is 0 Å². The lowest BCUT2D eigenvalue weighted by molar-refractivity contribution is -0.142. The Morgan fingerprint density at radius 2 is 2.46 bits per heavy atom. The topological polar surface area (TPSA) is 35.5 Å². The van der Waals surface area contributed by atoms with Gasteiger partial charge >= 0.3 is 5.97 Å². The van der Waals surface area contributed by atoms with Crippen LogP contribution in [-0.2, 0) is 14.3 Å². The molecule has 1 unspecified atom stereocenters. The summed E-state index contributed by atoms with van der Waals surface area (Å²) >= 11 is 1.73. The van der Waals surface area contributed by atoms with Crippen molar-refractivity contribution in [2.75, 3.05) is 26.1 Å². The smallest absolute Gasteiger partial charge is 0.302 e. The SMILES string of the molecule is CSC1(COC(C)=O)CCCOC1. The van der Waals surface area contributed by atoms with Gasteiger partial charge in [0, 0.05) is 13.5 Å². The molecule has 0 aromatic carbocycles. The Labute approximate surface area is 83.2 Å². The summed E-state index contributed by atoms with van der Waals surface area (Å²) in [5.74, 6) is -0.209. The molecule has 0 aromatic rings. The number of hydrogen-bond acceptors (Lipinski definition) is 4. The first-order valence-corrected chi connectivity index (χ1v) is 5.67. The van der Waals surface area contributed by atoms with E-state index in [1.165, 1.54) is 6.92 Å². The lowest BCUT2D eigenvalue weighted by atomic mass is 10.0. The summed E-state index contributed by atoms with van der Waals surface area (Å²) in [6.07, 6.45) is 4.17. The van der Waals surface area contributed by atoms with Crippen LogP contribution in [0.4, 0.5) is 0 Å². The molecule has 1 atom stereocenters. The summed E-state index contributed by atoms with van der Waals surface area (Å²) in [7, 11) is 0. The van der Waals surface area contributed by atoms with E-state index >= 15 is 0 Å². The molecule has 1 heterocycles. The van der Waals surface area contributed by atoms with Crippen molar-refractivity contribution in [2.24, 2.45) is 0 Å². The molecule has 1 aliphatic rings. The van der Waals surface area contributed by atoms with Crippen LogP contribution in [0.1, 0.15) is 19.8 Å². The zero-order valence-corrected chi connectivity index (χ0v) is 8.99. The molecule has 0 N–H and O–H groups in total. The zero-order chi connectivity index (χ0) is 9.73. The summed E-state index contributed by atoms with van der Waals surface area (Å²) < 4.78 is 10.4. The molecule has 1 saturated heterocycles. The van der Waals surface area contributed by atoms with Crippen LogP contribution in [0.3, 0.4) is 0 Å². The molecule has 1 rings (SSSR count). The first-order valence-electron chi connectivity index (χ1n) is 4.45. The first-order chi connectivity index (χ1) is 6.18. The maximum atomic E-state index is 10.7. The minimum Gasteiger partial charge on any atom is -0.464 e. The van der Waals surface area contributed by atoms with Gasteiger partial charge in [-0.1, -0.05) is 0 Å². The highest BCUT2D eigenvalue weighted by Gasteiger charge is 2.33. The Bertz CT molecular complexity index is 176. The normalized spacial score (nSPS) is 28.5. The largest absolute Gasteiger partial charge is 0.464 e. The summed E-state index contributed by atoms with van der Waals surface area (Å²) in [6, 6.07) is 0. The number of hydrogen-bond donors (Lipinski definition) is 0. The second kappa shape index (κ2) is 4.86. The quantitative estimate of drug-likeness (QED) is 0.652. The van der Waals surface area contributed by atoms with E-state index in [4.69, 9.17) is 9.47 Å².